The van der Waals surface area contributed by atoms with Crippen molar-refractivity contribution in [3.05, 3.63) is 72.4 Å². The number of likely N-dealkylation sites (N-methyl/N-ethyl adjacent to an activating group) is 1. The van der Waals surface area contributed by atoms with E-state index in [0.29, 0.717) is 13.0 Å². The number of nitrogens with one attached hydrogen (secondary N) is 1. The Morgan fingerprint density at radius 3 is 2.67 bits per heavy atom. The van der Waals surface area contributed by atoms with Crippen LogP contribution in [0.4, 0.5) is 5.69 Å². The van der Waals surface area contributed by atoms with E-state index >= 15 is 0 Å². The standard InChI is InChI=1S/C20H21N3O/c1-23(18-10-3-2-4-11-18)14-13-21-19(24)15-17-8-5-7-16-9-6-12-22-20(16)17/h2-12H,13-15H2,1H3,(H,21,24). The van der Waals surface area contributed by atoms with E-state index in [9.17, 15) is 4.79 Å². The highest BCUT2D eigenvalue weighted by Crippen LogP contribution is 2.16. The molecule has 0 aliphatic rings. The van der Waals surface area contributed by atoms with Crippen molar-refractivity contribution in [2.45, 2.75) is 6.42 Å². The fraction of sp³-hybridized carbons (Fsp3) is 0.200. The highest BCUT2D eigenvalue weighted by atomic mass is 16.1. The van der Waals surface area contributed by atoms with Crippen LogP contribution < -0.4 is 10.2 Å². The molecule has 0 bridgehead atoms. The number of amides is 1. The van der Waals surface area contributed by atoms with Gasteiger partial charge in [0.25, 0.3) is 0 Å². The van der Waals surface area contributed by atoms with E-state index < -0.39 is 0 Å². The first-order valence-corrected chi connectivity index (χ1v) is 8.09. The molecule has 0 unspecified atom stereocenters. The summed E-state index contributed by atoms with van der Waals surface area (Å²) in [5, 5.41) is 4.05. The first-order chi connectivity index (χ1) is 11.7. The Labute approximate surface area is 142 Å². The maximum Gasteiger partial charge on any atom is 0.224 e. The van der Waals surface area contributed by atoms with Gasteiger partial charge in [-0.2, -0.15) is 0 Å². The van der Waals surface area contributed by atoms with E-state index in [1.807, 2.05) is 55.6 Å². The summed E-state index contributed by atoms with van der Waals surface area (Å²) in [4.78, 5) is 18.7. The molecule has 0 radical (unpaired) electrons. The molecule has 3 rings (SSSR count). The van der Waals surface area contributed by atoms with Gasteiger partial charge in [-0.05, 0) is 23.8 Å². The van der Waals surface area contributed by atoms with Crippen LogP contribution in [-0.4, -0.2) is 31.0 Å². The smallest absolute Gasteiger partial charge is 0.224 e. The van der Waals surface area contributed by atoms with Crippen LogP contribution >= 0.6 is 0 Å². The molecule has 0 spiro atoms. The second kappa shape index (κ2) is 7.59. The summed E-state index contributed by atoms with van der Waals surface area (Å²) < 4.78 is 0. The molecule has 4 nitrogen and oxygen atoms in total. The number of benzene rings is 2. The summed E-state index contributed by atoms with van der Waals surface area (Å²) in [5.41, 5.74) is 3.00. The van der Waals surface area contributed by atoms with Crippen molar-refractivity contribution in [1.29, 1.82) is 0 Å². The van der Waals surface area contributed by atoms with E-state index in [2.05, 4.69) is 27.3 Å². The molecule has 1 amide bonds. The number of carbonyl (C=O) groups is 1. The Kier molecular flexibility index (Phi) is 5.06. The van der Waals surface area contributed by atoms with Crippen molar-refractivity contribution in [2.75, 3.05) is 25.0 Å². The molecule has 4 heteroatoms. The average Bonchev–Trinajstić information content (AvgIpc) is 2.63. The summed E-state index contributed by atoms with van der Waals surface area (Å²) in [6.45, 7) is 1.38. The Hall–Kier alpha value is -2.88. The molecule has 3 aromatic rings. The molecule has 0 saturated carbocycles. The number of anilines is 1. The molecule has 0 aliphatic heterocycles. The zero-order valence-electron chi connectivity index (χ0n) is 13.8. The Bertz CT molecular complexity index is 812. The largest absolute Gasteiger partial charge is 0.373 e. The lowest BCUT2D eigenvalue weighted by Gasteiger charge is -2.19. The van der Waals surface area contributed by atoms with Gasteiger partial charge < -0.3 is 10.2 Å². The third kappa shape index (κ3) is 3.90. The Morgan fingerprint density at radius 1 is 1.04 bits per heavy atom. The van der Waals surface area contributed by atoms with Crippen LogP contribution in [0.15, 0.2) is 66.9 Å². The van der Waals surface area contributed by atoms with Gasteiger partial charge in [0.2, 0.25) is 5.91 Å². The highest BCUT2D eigenvalue weighted by Gasteiger charge is 2.08. The fourth-order valence-electron chi connectivity index (χ4n) is 2.72. The van der Waals surface area contributed by atoms with Crippen molar-refractivity contribution in [3.63, 3.8) is 0 Å². The topological polar surface area (TPSA) is 45.2 Å². The normalized spacial score (nSPS) is 10.5. The van der Waals surface area contributed by atoms with Crippen molar-refractivity contribution in [1.82, 2.24) is 10.3 Å². The number of pyridine rings is 1. The third-order valence-electron chi connectivity index (χ3n) is 4.03. The van der Waals surface area contributed by atoms with E-state index in [1.165, 1.54) is 0 Å². The molecule has 1 aromatic heterocycles. The van der Waals surface area contributed by atoms with Crippen LogP contribution in [0.3, 0.4) is 0 Å². The molecule has 0 saturated heterocycles. The SMILES string of the molecule is CN(CCNC(=O)Cc1cccc2cccnc12)c1ccccc1. The van der Waals surface area contributed by atoms with Crippen molar-refractivity contribution in [3.8, 4) is 0 Å². The third-order valence-corrected chi connectivity index (χ3v) is 4.03. The number of rotatable bonds is 6. The molecule has 2 aromatic carbocycles. The predicted molar refractivity (Wildman–Crippen MR) is 98.2 cm³/mol. The Morgan fingerprint density at radius 2 is 1.83 bits per heavy atom. The lowest BCUT2D eigenvalue weighted by atomic mass is 10.1. The minimum atomic E-state index is 0.0228. The van der Waals surface area contributed by atoms with Crippen LogP contribution in [0.5, 0.6) is 0 Å². The number of aromatic nitrogens is 1. The van der Waals surface area contributed by atoms with Gasteiger partial charge in [-0.1, -0.05) is 42.5 Å². The molecular weight excluding hydrogens is 298 g/mol. The number of fused-ring (bicyclic) bond motifs is 1. The van der Waals surface area contributed by atoms with Gasteiger partial charge in [0, 0.05) is 37.4 Å². The number of para-hydroxylation sites is 2. The van der Waals surface area contributed by atoms with Crippen LogP contribution in [0.1, 0.15) is 5.56 Å². The second-order valence-corrected chi connectivity index (χ2v) is 5.78. The zero-order chi connectivity index (χ0) is 16.8. The van der Waals surface area contributed by atoms with Gasteiger partial charge in [0.1, 0.15) is 0 Å². The molecule has 0 atom stereocenters. The minimum Gasteiger partial charge on any atom is -0.373 e. The molecule has 24 heavy (non-hydrogen) atoms. The van der Waals surface area contributed by atoms with Crippen molar-refractivity contribution >= 4 is 22.5 Å². The van der Waals surface area contributed by atoms with Crippen LogP contribution in [0, 0.1) is 0 Å². The first-order valence-electron chi connectivity index (χ1n) is 8.09. The molecular formula is C20H21N3O. The van der Waals surface area contributed by atoms with Crippen LogP contribution in [0.25, 0.3) is 10.9 Å². The summed E-state index contributed by atoms with van der Waals surface area (Å²) in [7, 11) is 2.02. The lowest BCUT2D eigenvalue weighted by molar-refractivity contribution is -0.120. The summed E-state index contributed by atoms with van der Waals surface area (Å²) in [5.74, 6) is 0.0228. The summed E-state index contributed by atoms with van der Waals surface area (Å²) in [6.07, 6.45) is 2.11. The predicted octanol–water partition coefficient (Wildman–Crippen LogP) is 3.03. The first kappa shape index (κ1) is 16.0. The van der Waals surface area contributed by atoms with Gasteiger partial charge in [0.15, 0.2) is 0 Å². The van der Waals surface area contributed by atoms with E-state index in [4.69, 9.17) is 0 Å². The van der Waals surface area contributed by atoms with Gasteiger partial charge in [-0.25, -0.2) is 0 Å². The minimum absolute atomic E-state index is 0.0228. The lowest BCUT2D eigenvalue weighted by Crippen LogP contribution is -2.33. The summed E-state index contributed by atoms with van der Waals surface area (Å²) >= 11 is 0. The van der Waals surface area contributed by atoms with Crippen molar-refractivity contribution in [2.24, 2.45) is 0 Å². The summed E-state index contributed by atoms with van der Waals surface area (Å²) in [6, 6.07) is 20.0. The van der Waals surface area contributed by atoms with Crippen LogP contribution in [0.2, 0.25) is 0 Å². The van der Waals surface area contributed by atoms with E-state index in [1.54, 1.807) is 6.20 Å². The Balaban J connectivity index is 1.54. The average molecular weight is 319 g/mol. The fourth-order valence-corrected chi connectivity index (χ4v) is 2.72. The van der Waals surface area contributed by atoms with Gasteiger partial charge in [-0.3, -0.25) is 9.78 Å². The monoisotopic (exact) mass is 319 g/mol. The van der Waals surface area contributed by atoms with Crippen molar-refractivity contribution < 1.29 is 4.79 Å². The molecule has 1 heterocycles. The maximum absolute atomic E-state index is 12.2. The molecule has 0 fully saturated rings. The van der Waals surface area contributed by atoms with Gasteiger partial charge in [0.05, 0.1) is 11.9 Å². The number of hydrogen-bond donors (Lipinski definition) is 1. The number of carbonyl (C=O) groups excluding carboxylic acids is 1. The highest BCUT2D eigenvalue weighted by molar-refractivity contribution is 5.87. The number of hydrogen-bond acceptors (Lipinski definition) is 3. The van der Waals surface area contributed by atoms with Gasteiger partial charge in [-0.15, -0.1) is 0 Å². The molecule has 1 N–H and O–H groups in total. The number of nitrogens with zero attached hydrogens (tertiary/aromatic N) is 2. The maximum atomic E-state index is 12.2. The zero-order valence-corrected chi connectivity index (χ0v) is 13.8. The van der Waals surface area contributed by atoms with Crippen LogP contribution in [-0.2, 0) is 11.2 Å². The quantitative estimate of drug-likeness (QED) is 0.759. The van der Waals surface area contributed by atoms with Gasteiger partial charge >= 0.3 is 0 Å². The molecule has 0 aliphatic carbocycles. The second-order valence-electron chi connectivity index (χ2n) is 5.78. The van der Waals surface area contributed by atoms with E-state index in [0.717, 1.165) is 28.7 Å². The molecule has 122 valence electrons. The van der Waals surface area contributed by atoms with E-state index in [-0.39, 0.29) is 5.91 Å².